The van der Waals surface area contributed by atoms with Crippen LogP contribution in [0.5, 0.6) is 5.75 Å². The summed E-state index contributed by atoms with van der Waals surface area (Å²) in [5.41, 5.74) is 0.0496. The number of nitrogens with zero attached hydrogens (tertiary/aromatic N) is 2. The van der Waals surface area contributed by atoms with Crippen LogP contribution in [-0.2, 0) is 4.79 Å². The maximum Gasteiger partial charge on any atom is 0.256 e. The molecule has 21 heavy (non-hydrogen) atoms. The lowest BCUT2D eigenvalue weighted by Gasteiger charge is -2.37. The van der Waals surface area contributed by atoms with Crippen LogP contribution in [0.4, 0.5) is 4.39 Å². The summed E-state index contributed by atoms with van der Waals surface area (Å²) >= 11 is 0. The first-order valence-corrected chi connectivity index (χ1v) is 7.02. The van der Waals surface area contributed by atoms with Gasteiger partial charge in [-0.05, 0) is 18.6 Å². The lowest BCUT2D eigenvalue weighted by molar-refractivity contribution is -0.130. The molecule has 2 fully saturated rings. The number of hydrogen-bond donors (Lipinski definition) is 0. The predicted molar refractivity (Wildman–Crippen MR) is 73.6 cm³/mol. The first-order valence-electron chi connectivity index (χ1n) is 7.02. The Hall–Kier alpha value is -2.11. The Morgan fingerprint density at radius 1 is 1.38 bits per heavy atom. The summed E-state index contributed by atoms with van der Waals surface area (Å²) < 4.78 is 18.9. The molecule has 1 aromatic rings. The van der Waals surface area contributed by atoms with Crippen molar-refractivity contribution in [3.63, 3.8) is 0 Å². The highest BCUT2D eigenvalue weighted by Crippen LogP contribution is 2.25. The van der Waals surface area contributed by atoms with Crippen molar-refractivity contribution in [1.29, 1.82) is 0 Å². The average molecular weight is 292 g/mol. The molecule has 2 heterocycles. The largest absolute Gasteiger partial charge is 0.497 e. The normalized spacial score (nSPS) is 21.4. The number of benzene rings is 1. The van der Waals surface area contributed by atoms with Crippen molar-refractivity contribution >= 4 is 11.8 Å². The van der Waals surface area contributed by atoms with Crippen molar-refractivity contribution in [1.82, 2.24) is 9.80 Å². The molecule has 0 saturated carbocycles. The van der Waals surface area contributed by atoms with E-state index in [1.807, 2.05) is 4.90 Å². The van der Waals surface area contributed by atoms with Crippen molar-refractivity contribution in [2.45, 2.75) is 18.9 Å². The molecule has 1 unspecified atom stereocenters. The van der Waals surface area contributed by atoms with Gasteiger partial charge in [0.15, 0.2) is 0 Å². The number of piperazine rings is 1. The molecule has 112 valence electrons. The van der Waals surface area contributed by atoms with Crippen LogP contribution in [0.25, 0.3) is 0 Å². The van der Waals surface area contributed by atoms with E-state index in [0.29, 0.717) is 31.8 Å². The molecule has 0 bridgehead atoms. The van der Waals surface area contributed by atoms with Gasteiger partial charge in [-0.25, -0.2) is 4.39 Å². The third-order valence-electron chi connectivity index (χ3n) is 4.19. The van der Waals surface area contributed by atoms with Crippen LogP contribution < -0.4 is 4.74 Å². The molecule has 0 spiro atoms. The summed E-state index contributed by atoms with van der Waals surface area (Å²) in [4.78, 5) is 27.5. The van der Waals surface area contributed by atoms with Gasteiger partial charge in [0.1, 0.15) is 11.6 Å². The number of methoxy groups -OCH3 is 1. The van der Waals surface area contributed by atoms with Crippen molar-refractivity contribution in [2.75, 3.05) is 26.7 Å². The van der Waals surface area contributed by atoms with Crippen LogP contribution >= 0.6 is 0 Å². The molecule has 0 radical (unpaired) electrons. The minimum absolute atomic E-state index is 0.0496. The SMILES string of the molecule is COc1ccc(C(=O)N2CCN3C(=O)CCC3C2)c(F)c1. The smallest absolute Gasteiger partial charge is 0.256 e. The Balaban J connectivity index is 1.75. The molecular formula is C15H17FN2O3. The Morgan fingerprint density at radius 2 is 2.19 bits per heavy atom. The first kappa shape index (κ1) is 13.9. The van der Waals surface area contributed by atoms with Crippen molar-refractivity contribution in [2.24, 2.45) is 0 Å². The lowest BCUT2D eigenvalue weighted by Crippen LogP contribution is -2.53. The fraction of sp³-hybridized carbons (Fsp3) is 0.467. The molecule has 2 aliphatic heterocycles. The van der Waals surface area contributed by atoms with E-state index in [1.54, 1.807) is 11.0 Å². The van der Waals surface area contributed by atoms with Gasteiger partial charge in [-0.15, -0.1) is 0 Å². The number of carbonyl (C=O) groups excluding carboxylic acids is 2. The molecule has 5 nitrogen and oxygen atoms in total. The van der Waals surface area contributed by atoms with Crippen molar-refractivity contribution in [3.8, 4) is 5.75 Å². The minimum atomic E-state index is -0.579. The highest BCUT2D eigenvalue weighted by Gasteiger charge is 2.37. The lowest BCUT2D eigenvalue weighted by atomic mass is 10.1. The Kier molecular flexibility index (Phi) is 3.53. The summed E-state index contributed by atoms with van der Waals surface area (Å²) in [6, 6.07) is 4.31. The average Bonchev–Trinajstić information content (AvgIpc) is 2.87. The van der Waals surface area contributed by atoms with Crippen molar-refractivity contribution in [3.05, 3.63) is 29.6 Å². The van der Waals surface area contributed by atoms with E-state index in [0.717, 1.165) is 6.42 Å². The second-order valence-electron chi connectivity index (χ2n) is 5.38. The highest BCUT2D eigenvalue weighted by molar-refractivity contribution is 5.95. The van der Waals surface area contributed by atoms with Crippen LogP contribution in [-0.4, -0.2) is 54.4 Å². The summed E-state index contributed by atoms with van der Waals surface area (Å²) in [7, 11) is 1.45. The number of amides is 2. The summed E-state index contributed by atoms with van der Waals surface area (Å²) in [6.45, 7) is 1.47. The number of ether oxygens (including phenoxy) is 1. The fourth-order valence-electron chi connectivity index (χ4n) is 3.02. The number of carbonyl (C=O) groups is 2. The topological polar surface area (TPSA) is 49.9 Å². The van der Waals surface area contributed by atoms with E-state index < -0.39 is 5.82 Å². The van der Waals surface area contributed by atoms with E-state index in [4.69, 9.17) is 4.74 Å². The quantitative estimate of drug-likeness (QED) is 0.825. The van der Waals surface area contributed by atoms with E-state index >= 15 is 0 Å². The Morgan fingerprint density at radius 3 is 2.90 bits per heavy atom. The molecular weight excluding hydrogens is 275 g/mol. The van der Waals surface area contributed by atoms with Crippen molar-refractivity contribution < 1.29 is 18.7 Å². The zero-order valence-electron chi connectivity index (χ0n) is 11.8. The van der Waals surface area contributed by atoms with Gasteiger partial charge in [-0.3, -0.25) is 9.59 Å². The zero-order chi connectivity index (χ0) is 15.0. The first-order chi connectivity index (χ1) is 10.1. The molecule has 1 atom stereocenters. The minimum Gasteiger partial charge on any atom is -0.497 e. The number of halogens is 1. The van der Waals surface area contributed by atoms with E-state index in [1.165, 1.54) is 19.2 Å². The monoisotopic (exact) mass is 292 g/mol. The van der Waals surface area contributed by atoms with Crippen LogP contribution in [0.1, 0.15) is 23.2 Å². The zero-order valence-corrected chi connectivity index (χ0v) is 11.8. The number of hydrogen-bond acceptors (Lipinski definition) is 3. The summed E-state index contributed by atoms with van der Waals surface area (Å²) in [5.74, 6) is -0.364. The third kappa shape index (κ3) is 2.46. The van der Waals surface area contributed by atoms with Gasteiger partial charge in [0, 0.05) is 38.2 Å². The highest BCUT2D eigenvalue weighted by atomic mass is 19.1. The molecule has 0 N–H and O–H groups in total. The van der Waals surface area contributed by atoms with Gasteiger partial charge in [-0.1, -0.05) is 0 Å². The summed E-state index contributed by atoms with van der Waals surface area (Å²) in [5, 5.41) is 0. The van der Waals surface area contributed by atoms with Crippen LogP contribution in [0, 0.1) is 5.82 Å². The van der Waals surface area contributed by atoms with Gasteiger partial charge >= 0.3 is 0 Å². The molecule has 2 amide bonds. The molecule has 3 rings (SSSR count). The maximum absolute atomic E-state index is 14.0. The van der Waals surface area contributed by atoms with E-state index in [-0.39, 0.29) is 23.4 Å². The van der Waals surface area contributed by atoms with E-state index in [9.17, 15) is 14.0 Å². The van der Waals surface area contributed by atoms with Gasteiger partial charge in [0.25, 0.3) is 5.91 Å². The van der Waals surface area contributed by atoms with Gasteiger partial charge in [-0.2, -0.15) is 0 Å². The van der Waals surface area contributed by atoms with Crippen LogP contribution in [0.2, 0.25) is 0 Å². The molecule has 1 aromatic carbocycles. The molecule has 2 saturated heterocycles. The van der Waals surface area contributed by atoms with Gasteiger partial charge in [0.2, 0.25) is 5.91 Å². The maximum atomic E-state index is 14.0. The molecule has 0 aliphatic carbocycles. The second kappa shape index (κ2) is 5.35. The van der Waals surface area contributed by atoms with Gasteiger partial charge < -0.3 is 14.5 Å². The molecule has 6 heteroatoms. The number of rotatable bonds is 2. The molecule has 2 aliphatic rings. The summed E-state index contributed by atoms with van der Waals surface area (Å²) in [6.07, 6.45) is 1.32. The fourth-order valence-corrected chi connectivity index (χ4v) is 3.02. The second-order valence-corrected chi connectivity index (χ2v) is 5.38. The molecule has 0 aromatic heterocycles. The Labute approximate surface area is 122 Å². The van der Waals surface area contributed by atoms with E-state index in [2.05, 4.69) is 0 Å². The standard InChI is InChI=1S/C15H17FN2O3/c1-21-11-3-4-12(13(16)8-11)15(20)17-6-7-18-10(9-17)2-5-14(18)19/h3-4,8,10H,2,5-7,9H2,1H3. The van der Waals surface area contributed by atoms with Gasteiger partial charge in [0.05, 0.1) is 12.7 Å². The number of fused-ring (bicyclic) bond motifs is 1. The van der Waals surface area contributed by atoms with Crippen LogP contribution in [0.15, 0.2) is 18.2 Å². The third-order valence-corrected chi connectivity index (χ3v) is 4.19. The Bertz CT molecular complexity index is 590. The predicted octanol–water partition coefficient (Wildman–Crippen LogP) is 1.28. The van der Waals surface area contributed by atoms with Crippen LogP contribution in [0.3, 0.4) is 0 Å².